The molecule has 0 spiro atoms. The van der Waals surface area contributed by atoms with Crippen molar-refractivity contribution in [3.63, 3.8) is 0 Å². The molecule has 0 saturated carbocycles. The first kappa shape index (κ1) is 68.9. The number of rotatable bonds is 49. The van der Waals surface area contributed by atoms with Crippen LogP contribution in [0.5, 0.6) is 0 Å². The van der Waals surface area contributed by atoms with E-state index in [1.54, 1.807) is 0 Å². The van der Waals surface area contributed by atoms with Crippen molar-refractivity contribution in [3.05, 3.63) is 85.1 Å². The molecule has 0 aromatic heterocycles. The van der Waals surface area contributed by atoms with Crippen LogP contribution < -0.4 is 0 Å². The summed E-state index contributed by atoms with van der Waals surface area (Å²) in [6, 6.07) is 0. The van der Waals surface area contributed by atoms with Gasteiger partial charge in [0.05, 0.1) is 6.61 Å². The Kier molecular flexibility index (Phi) is 46.6. The summed E-state index contributed by atoms with van der Waals surface area (Å²) in [5.74, 6) is -3.19. The first-order chi connectivity index (χ1) is 36.6. The summed E-state index contributed by atoms with van der Waals surface area (Å²) >= 11 is 0. The van der Waals surface area contributed by atoms with Gasteiger partial charge in [-0.3, -0.25) is 14.4 Å². The third-order valence-corrected chi connectivity index (χ3v) is 13.0. The fourth-order valence-corrected chi connectivity index (χ4v) is 8.49. The molecule has 1 heterocycles. The molecular formula is C63H104O12. The summed E-state index contributed by atoms with van der Waals surface area (Å²) in [6.07, 6.45) is 52.7. The van der Waals surface area contributed by atoms with E-state index in [0.717, 1.165) is 109 Å². The van der Waals surface area contributed by atoms with Crippen LogP contribution in [0.4, 0.5) is 0 Å². The lowest BCUT2D eigenvalue weighted by molar-refractivity contribution is -0.301. The number of hydrogen-bond donors (Lipinski definition) is 3. The molecule has 1 saturated heterocycles. The van der Waals surface area contributed by atoms with Crippen molar-refractivity contribution in [3.8, 4) is 0 Å². The highest BCUT2D eigenvalue weighted by atomic mass is 16.7. The Balaban J connectivity index is 2.73. The van der Waals surface area contributed by atoms with Crippen LogP contribution in [0.1, 0.15) is 239 Å². The highest BCUT2D eigenvalue weighted by Gasteiger charge is 2.50. The van der Waals surface area contributed by atoms with Crippen molar-refractivity contribution in [1.29, 1.82) is 0 Å². The number of carbonyl (C=O) groups is 4. The number of aliphatic hydroxyl groups excluding tert-OH is 2. The Hall–Kier alpha value is -4.10. The van der Waals surface area contributed by atoms with Crippen LogP contribution >= 0.6 is 0 Å². The van der Waals surface area contributed by atoms with Gasteiger partial charge in [-0.2, -0.15) is 0 Å². The van der Waals surface area contributed by atoms with Crippen LogP contribution in [0.25, 0.3) is 0 Å². The minimum absolute atomic E-state index is 0.0347. The van der Waals surface area contributed by atoms with Crippen molar-refractivity contribution in [2.75, 3.05) is 13.2 Å². The SMILES string of the molecule is CC/C=C\C/C=C\C/C=C\C/C=C\CCCCC(=O)OCC(COC1OC(C(=O)O)C(O)C(O)C1OC(=O)CCCCCCC/C=C\C/C=C\C/C=C\CC)OC(=O)CCCCCCCCCCCCCCCCC. The Bertz CT molecular complexity index is 1630. The van der Waals surface area contributed by atoms with Crippen molar-refractivity contribution in [2.24, 2.45) is 0 Å². The summed E-state index contributed by atoms with van der Waals surface area (Å²) in [6.45, 7) is 5.73. The zero-order valence-electron chi connectivity index (χ0n) is 47.0. The Morgan fingerprint density at radius 2 is 0.840 bits per heavy atom. The molecule has 428 valence electrons. The van der Waals surface area contributed by atoms with Gasteiger partial charge in [0.25, 0.3) is 0 Å². The van der Waals surface area contributed by atoms with Crippen LogP contribution in [0.2, 0.25) is 0 Å². The number of unbranched alkanes of at least 4 members (excludes halogenated alkanes) is 21. The summed E-state index contributed by atoms with van der Waals surface area (Å²) in [5, 5.41) is 31.5. The van der Waals surface area contributed by atoms with E-state index in [-0.39, 0.29) is 25.9 Å². The van der Waals surface area contributed by atoms with E-state index in [0.29, 0.717) is 19.3 Å². The minimum Gasteiger partial charge on any atom is -0.479 e. The zero-order valence-corrected chi connectivity index (χ0v) is 47.0. The lowest BCUT2D eigenvalue weighted by atomic mass is 9.98. The second-order valence-corrected chi connectivity index (χ2v) is 19.9. The number of carboxylic acid groups (broad SMARTS) is 1. The molecule has 1 aliphatic heterocycles. The van der Waals surface area contributed by atoms with E-state index in [9.17, 15) is 34.5 Å². The average molecular weight is 1050 g/mol. The monoisotopic (exact) mass is 1050 g/mol. The van der Waals surface area contributed by atoms with Crippen molar-refractivity contribution < 1.29 is 58.2 Å². The summed E-state index contributed by atoms with van der Waals surface area (Å²) in [4.78, 5) is 51.1. The molecule has 12 heteroatoms. The molecule has 6 atom stereocenters. The maximum Gasteiger partial charge on any atom is 0.335 e. The predicted molar refractivity (Wildman–Crippen MR) is 303 cm³/mol. The van der Waals surface area contributed by atoms with E-state index in [1.165, 1.54) is 70.6 Å². The van der Waals surface area contributed by atoms with Crippen LogP contribution in [0, 0.1) is 0 Å². The topological polar surface area (TPSA) is 175 Å². The maximum absolute atomic E-state index is 13.1. The number of ether oxygens (including phenoxy) is 5. The molecule has 6 unspecified atom stereocenters. The van der Waals surface area contributed by atoms with Crippen molar-refractivity contribution in [1.82, 2.24) is 0 Å². The van der Waals surface area contributed by atoms with Gasteiger partial charge in [-0.1, -0.05) is 215 Å². The van der Waals surface area contributed by atoms with E-state index >= 15 is 0 Å². The number of carbonyl (C=O) groups excluding carboxylic acids is 3. The van der Waals surface area contributed by atoms with Gasteiger partial charge >= 0.3 is 23.9 Å². The third kappa shape index (κ3) is 40.8. The minimum atomic E-state index is -1.92. The molecule has 1 rings (SSSR count). The maximum atomic E-state index is 13.1. The molecule has 0 aromatic carbocycles. The predicted octanol–water partition coefficient (Wildman–Crippen LogP) is 15.1. The lowest BCUT2D eigenvalue weighted by Crippen LogP contribution is -2.61. The number of hydrogen-bond acceptors (Lipinski definition) is 11. The number of carboxylic acids is 1. The van der Waals surface area contributed by atoms with Crippen molar-refractivity contribution >= 4 is 23.9 Å². The normalized spacial score (nSPS) is 18.8. The van der Waals surface area contributed by atoms with E-state index in [4.69, 9.17) is 23.7 Å². The Morgan fingerprint density at radius 1 is 0.453 bits per heavy atom. The van der Waals surface area contributed by atoms with Crippen LogP contribution in [0.15, 0.2) is 85.1 Å². The molecule has 0 amide bonds. The average Bonchev–Trinajstić information content (AvgIpc) is 3.39. The lowest BCUT2D eigenvalue weighted by Gasteiger charge is -2.40. The molecule has 0 bridgehead atoms. The van der Waals surface area contributed by atoms with Gasteiger partial charge in [-0.25, -0.2) is 4.79 Å². The van der Waals surface area contributed by atoms with Gasteiger partial charge < -0.3 is 39.0 Å². The molecule has 1 fully saturated rings. The fourth-order valence-electron chi connectivity index (χ4n) is 8.49. The Labute approximate surface area is 454 Å². The molecule has 0 aliphatic carbocycles. The summed E-state index contributed by atoms with van der Waals surface area (Å²) in [7, 11) is 0. The molecule has 3 N–H and O–H groups in total. The largest absolute Gasteiger partial charge is 0.479 e. The highest BCUT2D eigenvalue weighted by Crippen LogP contribution is 2.26. The van der Waals surface area contributed by atoms with Gasteiger partial charge in [0.2, 0.25) is 0 Å². The number of allylic oxidation sites excluding steroid dienone is 14. The van der Waals surface area contributed by atoms with Crippen LogP contribution in [-0.2, 0) is 42.9 Å². The first-order valence-electron chi connectivity index (χ1n) is 29.6. The number of esters is 3. The first-order valence-corrected chi connectivity index (χ1v) is 29.6. The van der Waals surface area contributed by atoms with Gasteiger partial charge in [-0.05, 0) is 89.9 Å². The standard InChI is InChI=1S/C63H104O12/c1-4-7-10-13-16-19-22-25-28-31-34-37-40-43-46-49-55(64)71-52-54(73-56(65)50-47-44-41-38-35-32-29-26-23-20-17-14-11-8-5-2)53-72-63-61(59(68)58(67)60(75-63)62(69)70)74-57(66)51-48-45-42-39-36-33-30-27-24-21-18-15-12-9-6-3/h7,9-10,12,16,18-19,21,25,27-28,30,34,37,54,58-61,63,67-68H,4-6,8,11,13-15,17,20,22-24,26,29,31-33,35-36,38-53H2,1-3H3,(H,69,70)/b10-7-,12-9-,19-16-,21-18-,28-25-,30-27-,37-34-. The van der Waals surface area contributed by atoms with Gasteiger partial charge in [0.1, 0.15) is 18.8 Å². The fraction of sp³-hybridized carbons (Fsp3) is 0.714. The second-order valence-electron chi connectivity index (χ2n) is 19.9. The highest BCUT2D eigenvalue weighted by molar-refractivity contribution is 5.74. The van der Waals surface area contributed by atoms with E-state index in [1.807, 2.05) is 0 Å². The molecule has 12 nitrogen and oxygen atoms in total. The summed E-state index contributed by atoms with van der Waals surface area (Å²) < 4.78 is 28.4. The Morgan fingerprint density at radius 3 is 1.31 bits per heavy atom. The van der Waals surface area contributed by atoms with Crippen LogP contribution in [0.3, 0.4) is 0 Å². The van der Waals surface area contributed by atoms with E-state index < -0.39 is 67.3 Å². The third-order valence-electron chi connectivity index (χ3n) is 13.0. The molecule has 75 heavy (non-hydrogen) atoms. The molecule has 0 radical (unpaired) electrons. The zero-order chi connectivity index (χ0) is 54.7. The quantitative estimate of drug-likeness (QED) is 0.0228. The number of aliphatic hydroxyl groups is 2. The smallest absolute Gasteiger partial charge is 0.335 e. The van der Waals surface area contributed by atoms with Gasteiger partial charge in [0.15, 0.2) is 24.6 Å². The van der Waals surface area contributed by atoms with Gasteiger partial charge in [0, 0.05) is 19.3 Å². The molecule has 1 aliphatic rings. The van der Waals surface area contributed by atoms with Crippen LogP contribution in [-0.4, -0.2) is 89.2 Å². The summed E-state index contributed by atoms with van der Waals surface area (Å²) in [5.41, 5.74) is 0. The number of aliphatic carboxylic acids is 1. The molecular weight excluding hydrogens is 949 g/mol. The second kappa shape index (κ2) is 50.7. The van der Waals surface area contributed by atoms with E-state index in [2.05, 4.69) is 106 Å². The molecule has 0 aromatic rings. The van der Waals surface area contributed by atoms with Crippen molar-refractivity contribution in [2.45, 2.75) is 276 Å². The van der Waals surface area contributed by atoms with Gasteiger partial charge in [-0.15, -0.1) is 0 Å².